The third-order valence-corrected chi connectivity index (χ3v) is 5.98. The molecule has 1 aliphatic rings. The fourth-order valence-corrected chi connectivity index (χ4v) is 4.20. The van der Waals surface area contributed by atoms with Crippen LogP contribution in [-0.2, 0) is 11.3 Å². The Morgan fingerprint density at radius 2 is 1.57 bits per heavy atom. The molecule has 0 bridgehead atoms. The van der Waals surface area contributed by atoms with Gasteiger partial charge in [-0.05, 0) is 66.0 Å². The van der Waals surface area contributed by atoms with Gasteiger partial charge in [-0.25, -0.2) is 13.2 Å². The molecule has 178 valence electrons. The summed E-state index contributed by atoms with van der Waals surface area (Å²) in [4.78, 5) is 29.8. The van der Waals surface area contributed by atoms with Crippen molar-refractivity contribution >= 4 is 16.7 Å². The maximum atomic E-state index is 14.1. The van der Waals surface area contributed by atoms with Gasteiger partial charge in [0.2, 0.25) is 0 Å². The Bertz CT molecular complexity index is 1480. The van der Waals surface area contributed by atoms with E-state index in [4.69, 9.17) is 9.47 Å². The van der Waals surface area contributed by atoms with Crippen LogP contribution in [-0.4, -0.2) is 29.4 Å². The highest BCUT2D eigenvalue weighted by atomic mass is 19.2. The first-order valence-electron chi connectivity index (χ1n) is 10.7. The summed E-state index contributed by atoms with van der Waals surface area (Å²) in [7, 11) is 1.57. The lowest BCUT2D eigenvalue weighted by atomic mass is 9.95. The maximum Gasteiger partial charge on any atom is 0.256 e. The molecule has 1 unspecified atom stereocenters. The van der Waals surface area contributed by atoms with E-state index in [1.54, 1.807) is 31.3 Å². The molecule has 1 aliphatic heterocycles. The molecule has 2 heterocycles. The number of pyridine rings is 1. The van der Waals surface area contributed by atoms with Crippen molar-refractivity contribution in [2.75, 3.05) is 13.7 Å². The van der Waals surface area contributed by atoms with Crippen LogP contribution >= 0.6 is 0 Å². The van der Waals surface area contributed by atoms with Crippen molar-refractivity contribution in [3.8, 4) is 11.5 Å². The van der Waals surface area contributed by atoms with Gasteiger partial charge < -0.3 is 19.4 Å². The molecule has 0 radical (unpaired) electrons. The predicted octanol–water partition coefficient (Wildman–Crippen LogP) is 5.08. The molecule has 4 aromatic rings. The standard InChI is InChI=1S/C26H19F3N2O4/c1-31(26(33)14-2-6-16(7-3-14)35-17-8-4-15(27)5-9-17)23-13-34-12-22-24(23)18-10-20(28)21(29)11-19(18)25(32)30-22/h2-11,23H,12-13H2,1H3,(H,30,32). The van der Waals surface area contributed by atoms with Crippen LogP contribution in [0, 0.1) is 17.5 Å². The number of halogens is 3. The maximum absolute atomic E-state index is 14.1. The molecule has 0 fully saturated rings. The molecular weight excluding hydrogens is 461 g/mol. The Morgan fingerprint density at radius 3 is 2.23 bits per heavy atom. The number of hydrogen-bond donors (Lipinski definition) is 1. The van der Waals surface area contributed by atoms with Crippen LogP contribution in [0.1, 0.15) is 27.7 Å². The summed E-state index contributed by atoms with van der Waals surface area (Å²) < 4.78 is 52.2. The second kappa shape index (κ2) is 8.92. The first-order chi connectivity index (χ1) is 16.8. The van der Waals surface area contributed by atoms with Gasteiger partial charge in [-0.3, -0.25) is 9.59 Å². The fourth-order valence-electron chi connectivity index (χ4n) is 4.20. The number of carbonyl (C=O) groups excluding carboxylic acids is 1. The highest BCUT2D eigenvalue weighted by molar-refractivity contribution is 5.95. The Hall–Kier alpha value is -4.11. The minimum absolute atomic E-state index is 0.00214. The highest BCUT2D eigenvalue weighted by Gasteiger charge is 2.31. The van der Waals surface area contributed by atoms with E-state index in [1.165, 1.54) is 29.2 Å². The number of aromatic amines is 1. The van der Waals surface area contributed by atoms with Crippen LogP contribution in [0.15, 0.2) is 65.5 Å². The number of likely N-dealkylation sites (N-methyl/N-ethyl adjacent to an activating group) is 1. The summed E-state index contributed by atoms with van der Waals surface area (Å²) >= 11 is 0. The van der Waals surface area contributed by atoms with Gasteiger partial charge in [0.25, 0.3) is 11.5 Å². The summed E-state index contributed by atoms with van der Waals surface area (Å²) in [6.45, 7) is 0.189. The number of carbonyl (C=O) groups is 1. The van der Waals surface area contributed by atoms with E-state index in [9.17, 15) is 22.8 Å². The summed E-state index contributed by atoms with van der Waals surface area (Å²) in [5.41, 5.74) is 0.717. The number of nitrogens with one attached hydrogen (secondary N) is 1. The third-order valence-electron chi connectivity index (χ3n) is 5.98. The largest absolute Gasteiger partial charge is 0.457 e. The van der Waals surface area contributed by atoms with E-state index in [1.807, 2.05) is 0 Å². The lowest BCUT2D eigenvalue weighted by Crippen LogP contribution is -2.37. The van der Waals surface area contributed by atoms with Crippen molar-refractivity contribution < 1.29 is 27.4 Å². The SMILES string of the molecule is CN(C(=O)c1ccc(Oc2ccc(F)cc2)cc1)C1COCc2[nH]c(=O)c3cc(F)c(F)cc3c21. The minimum Gasteiger partial charge on any atom is -0.457 e. The van der Waals surface area contributed by atoms with E-state index in [0.29, 0.717) is 28.3 Å². The number of hydrogen-bond acceptors (Lipinski definition) is 4. The summed E-state index contributed by atoms with van der Waals surface area (Å²) in [6, 6.07) is 13.1. The molecule has 5 rings (SSSR count). The minimum atomic E-state index is -1.13. The van der Waals surface area contributed by atoms with Crippen molar-refractivity contribution in [1.82, 2.24) is 9.88 Å². The van der Waals surface area contributed by atoms with E-state index in [0.717, 1.165) is 12.1 Å². The van der Waals surface area contributed by atoms with Crippen LogP contribution in [0.4, 0.5) is 13.2 Å². The van der Waals surface area contributed by atoms with Gasteiger partial charge in [0.15, 0.2) is 11.6 Å². The molecule has 1 amide bonds. The molecule has 1 N–H and O–H groups in total. The smallest absolute Gasteiger partial charge is 0.256 e. The van der Waals surface area contributed by atoms with Crippen molar-refractivity contribution in [1.29, 1.82) is 0 Å². The highest BCUT2D eigenvalue weighted by Crippen LogP contribution is 2.34. The quantitative estimate of drug-likeness (QED) is 0.442. The van der Waals surface area contributed by atoms with Crippen molar-refractivity contribution in [2.45, 2.75) is 12.6 Å². The zero-order valence-corrected chi connectivity index (χ0v) is 18.5. The van der Waals surface area contributed by atoms with Gasteiger partial charge in [0.05, 0.1) is 24.6 Å². The number of rotatable bonds is 4. The molecule has 9 heteroatoms. The number of amides is 1. The number of ether oxygens (including phenoxy) is 2. The lowest BCUT2D eigenvalue weighted by molar-refractivity contribution is 0.0335. The van der Waals surface area contributed by atoms with E-state index >= 15 is 0 Å². The molecule has 0 saturated carbocycles. The summed E-state index contributed by atoms with van der Waals surface area (Å²) in [5, 5.41) is 0.233. The molecule has 1 aromatic heterocycles. The monoisotopic (exact) mass is 480 g/mol. The second-order valence-corrected chi connectivity index (χ2v) is 8.19. The summed E-state index contributed by atoms with van der Waals surface area (Å²) in [6.07, 6.45) is 0. The van der Waals surface area contributed by atoms with E-state index < -0.39 is 23.2 Å². The molecular formula is C26H19F3N2O4. The van der Waals surface area contributed by atoms with Gasteiger partial charge in [-0.15, -0.1) is 0 Å². The summed E-state index contributed by atoms with van der Waals surface area (Å²) in [5.74, 6) is -2.02. The van der Waals surface area contributed by atoms with Crippen LogP contribution in [0.3, 0.4) is 0 Å². The number of H-pyrrole nitrogens is 1. The van der Waals surface area contributed by atoms with Crippen LogP contribution < -0.4 is 10.3 Å². The number of benzene rings is 3. The predicted molar refractivity (Wildman–Crippen MR) is 122 cm³/mol. The molecule has 35 heavy (non-hydrogen) atoms. The average molecular weight is 480 g/mol. The van der Waals surface area contributed by atoms with Crippen molar-refractivity contribution in [2.24, 2.45) is 0 Å². The number of fused-ring (bicyclic) bond motifs is 3. The van der Waals surface area contributed by atoms with Crippen LogP contribution in [0.2, 0.25) is 0 Å². The van der Waals surface area contributed by atoms with Gasteiger partial charge in [0, 0.05) is 23.9 Å². The first-order valence-corrected chi connectivity index (χ1v) is 10.7. The Balaban J connectivity index is 1.44. The zero-order chi connectivity index (χ0) is 24.7. The van der Waals surface area contributed by atoms with Crippen LogP contribution in [0.5, 0.6) is 11.5 Å². The Morgan fingerprint density at radius 1 is 0.971 bits per heavy atom. The fraction of sp³-hybridized carbons (Fsp3) is 0.154. The molecule has 0 saturated heterocycles. The van der Waals surface area contributed by atoms with Gasteiger partial charge >= 0.3 is 0 Å². The van der Waals surface area contributed by atoms with E-state index in [2.05, 4.69) is 4.98 Å². The van der Waals surface area contributed by atoms with Gasteiger partial charge in [-0.2, -0.15) is 0 Å². The Labute approximate surface area is 197 Å². The topological polar surface area (TPSA) is 71.6 Å². The first kappa shape index (κ1) is 22.7. The van der Waals surface area contributed by atoms with E-state index in [-0.39, 0.29) is 35.7 Å². The molecule has 0 aliphatic carbocycles. The molecule has 3 aromatic carbocycles. The lowest BCUT2D eigenvalue weighted by Gasteiger charge is -2.34. The van der Waals surface area contributed by atoms with Crippen LogP contribution in [0.25, 0.3) is 10.8 Å². The molecule has 1 atom stereocenters. The molecule has 6 nitrogen and oxygen atoms in total. The molecule has 0 spiro atoms. The Kier molecular flexibility index (Phi) is 5.78. The van der Waals surface area contributed by atoms with Crippen molar-refractivity contribution in [3.63, 3.8) is 0 Å². The third kappa shape index (κ3) is 4.26. The van der Waals surface area contributed by atoms with Gasteiger partial charge in [-0.1, -0.05) is 0 Å². The number of aromatic nitrogens is 1. The zero-order valence-electron chi connectivity index (χ0n) is 18.5. The average Bonchev–Trinajstić information content (AvgIpc) is 2.86. The number of nitrogens with zero attached hydrogens (tertiary/aromatic N) is 1. The normalized spacial score (nSPS) is 15.0. The van der Waals surface area contributed by atoms with Crippen molar-refractivity contribution in [3.05, 3.63) is 105 Å². The second-order valence-electron chi connectivity index (χ2n) is 8.19. The van der Waals surface area contributed by atoms with Gasteiger partial charge in [0.1, 0.15) is 17.3 Å².